The van der Waals surface area contributed by atoms with E-state index in [1.165, 1.54) is 6.07 Å². The second-order valence-corrected chi connectivity index (χ2v) is 4.03. The molecule has 4 heteroatoms. The maximum atomic E-state index is 14.0. The van der Waals surface area contributed by atoms with E-state index in [0.29, 0.717) is 5.75 Å². The maximum Gasteiger partial charge on any atom is 0.166 e. The SMILES string of the molecule is Fc1cc(-c2ccn[nH]2)ccc1Oc1ccccc1. The van der Waals surface area contributed by atoms with Gasteiger partial charge in [0.2, 0.25) is 0 Å². The first-order valence-electron chi connectivity index (χ1n) is 5.85. The lowest BCUT2D eigenvalue weighted by molar-refractivity contribution is 0.442. The third-order valence-corrected chi connectivity index (χ3v) is 2.71. The average molecular weight is 254 g/mol. The monoisotopic (exact) mass is 254 g/mol. The average Bonchev–Trinajstić information content (AvgIpc) is 2.96. The molecule has 0 saturated heterocycles. The van der Waals surface area contributed by atoms with Crippen molar-refractivity contribution in [3.05, 3.63) is 66.6 Å². The number of H-pyrrole nitrogens is 1. The fourth-order valence-electron chi connectivity index (χ4n) is 1.78. The second kappa shape index (κ2) is 4.94. The predicted molar refractivity (Wildman–Crippen MR) is 70.5 cm³/mol. The third-order valence-electron chi connectivity index (χ3n) is 2.71. The van der Waals surface area contributed by atoms with Gasteiger partial charge in [-0.3, -0.25) is 5.10 Å². The molecule has 0 aliphatic rings. The zero-order valence-electron chi connectivity index (χ0n) is 10.0. The van der Waals surface area contributed by atoms with Gasteiger partial charge in [-0.1, -0.05) is 18.2 Å². The zero-order chi connectivity index (χ0) is 13.1. The van der Waals surface area contributed by atoms with Crippen molar-refractivity contribution in [3.63, 3.8) is 0 Å². The topological polar surface area (TPSA) is 37.9 Å². The van der Waals surface area contributed by atoms with Crippen molar-refractivity contribution in [2.75, 3.05) is 0 Å². The van der Waals surface area contributed by atoms with E-state index < -0.39 is 5.82 Å². The number of halogens is 1. The molecule has 1 aromatic heterocycles. The van der Waals surface area contributed by atoms with Crippen LogP contribution < -0.4 is 4.74 Å². The van der Waals surface area contributed by atoms with Crippen molar-refractivity contribution in [1.82, 2.24) is 10.2 Å². The van der Waals surface area contributed by atoms with Crippen molar-refractivity contribution >= 4 is 0 Å². The quantitative estimate of drug-likeness (QED) is 0.766. The van der Waals surface area contributed by atoms with E-state index in [4.69, 9.17) is 4.74 Å². The van der Waals surface area contributed by atoms with E-state index in [1.807, 2.05) is 18.2 Å². The number of hydrogen-bond donors (Lipinski definition) is 1. The van der Waals surface area contributed by atoms with Crippen LogP contribution in [0, 0.1) is 5.82 Å². The molecule has 3 rings (SSSR count). The van der Waals surface area contributed by atoms with Crippen molar-refractivity contribution in [2.24, 2.45) is 0 Å². The summed E-state index contributed by atoms with van der Waals surface area (Å²) in [5.74, 6) is 0.404. The molecule has 0 atom stereocenters. The largest absolute Gasteiger partial charge is 0.454 e. The Labute approximate surface area is 109 Å². The van der Waals surface area contributed by atoms with Gasteiger partial charge in [-0.05, 0) is 36.4 Å². The first-order chi connectivity index (χ1) is 9.33. The highest BCUT2D eigenvalue weighted by Gasteiger charge is 2.07. The van der Waals surface area contributed by atoms with Gasteiger partial charge >= 0.3 is 0 Å². The Morgan fingerprint density at radius 2 is 1.84 bits per heavy atom. The molecule has 3 aromatic rings. The van der Waals surface area contributed by atoms with Crippen LogP contribution in [0.3, 0.4) is 0 Å². The summed E-state index contributed by atoms with van der Waals surface area (Å²) in [6.07, 6.45) is 1.63. The van der Waals surface area contributed by atoms with Crippen molar-refractivity contribution in [2.45, 2.75) is 0 Å². The summed E-state index contributed by atoms with van der Waals surface area (Å²) in [5, 5.41) is 6.63. The minimum Gasteiger partial charge on any atom is -0.454 e. The van der Waals surface area contributed by atoms with Gasteiger partial charge in [0, 0.05) is 11.8 Å². The standard InChI is InChI=1S/C15H11FN2O/c16-13-10-11(14-8-9-17-18-14)6-7-15(13)19-12-4-2-1-3-5-12/h1-10H,(H,17,18). The molecule has 0 spiro atoms. The molecule has 3 nitrogen and oxygen atoms in total. The molecule has 1 heterocycles. The molecule has 0 radical (unpaired) electrons. The number of aromatic nitrogens is 2. The summed E-state index contributed by atoms with van der Waals surface area (Å²) in [4.78, 5) is 0. The normalized spacial score (nSPS) is 10.4. The van der Waals surface area contributed by atoms with Crippen molar-refractivity contribution in [1.29, 1.82) is 0 Å². The first kappa shape index (κ1) is 11.5. The van der Waals surface area contributed by atoms with Crippen molar-refractivity contribution < 1.29 is 9.13 Å². The van der Waals surface area contributed by atoms with Crippen LogP contribution in [0.5, 0.6) is 11.5 Å². The van der Waals surface area contributed by atoms with E-state index >= 15 is 0 Å². The lowest BCUT2D eigenvalue weighted by Gasteiger charge is -2.07. The summed E-state index contributed by atoms with van der Waals surface area (Å²) in [6, 6.07) is 15.7. The molecule has 0 saturated carbocycles. The van der Waals surface area contributed by atoms with Gasteiger partial charge in [-0.15, -0.1) is 0 Å². The summed E-state index contributed by atoms with van der Waals surface area (Å²) in [7, 11) is 0. The van der Waals surface area contributed by atoms with Gasteiger partial charge in [0.25, 0.3) is 0 Å². The lowest BCUT2D eigenvalue weighted by Crippen LogP contribution is -1.89. The van der Waals surface area contributed by atoms with Crippen LogP contribution in [0.25, 0.3) is 11.3 Å². The molecule has 94 valence electrons. The van der Waals surface area contributed by atoms with Gasteiger partial charge in [-0.25, -0.2) is 4.39 Å². The summed E-state index contributed by atoms with van der Waals surface area (Å²) < 4.78 is 19.4. The predicted octanol–water partition coefficient (Wildman–Crippen LogP) is 4.01. The van der Waals surface area contributed by atoms with Crippen LogP contribution in [0.1, 0.15) is 0 Å². The number of benzene rings is 2. The Bertz CT molecular complexity index is 666. The number of aromatic amines is 1. The minimum absolute atomic E-state index is 0.203. The van der Waals surface area contributed by atoms with E-state index in [-0.39, 0.29) is 5.75 Å². The van der Waals surface area contributed by atoms with Crippen LogP contribution in [-0.4, -0.2) is 10.2 Å². The summed E-state index contributed by atoms with van der Waals surface area (Å²) in [6.45, 7) is 0. The summed E-state index contributed by atoms with van der Waals surface area (Å²) in [5.41, 5.74) is 1.50. The fourth-order valence-corrected chi connectivity index (χ4v) is 1.78. The van der Waals surface area contributed by atoms with Crippen LogP contribution >= 0.6 is 0 Å². The van der Waals surface area contributed by atoms with Crippen molar-refractivity contribution in [3.8, 4) is 22.8 Å². The molecule has 0 aliphatic heterocycles. The lowest BCUT2D eigenvalue weighted by atomic mass is 10.1. The number of hydrogen-bond acceptors (Lipinski definition) is 2. The van der Waals surface area contributed by atoms with Gasteiger partial charge in [-0.2, -0.15) is 5.10 Å². The van der Waals surface area contributed by atoms with E-state index in [9.17, 15) is 4.39 Å². The third kappa shape index (κ3) is 2.47. The van der Waals surface area contributed by atoms with Crippen LogP contribution in [0.15, 0.2) is 60.8 Å². The molecule has 0 fully saturated rings. The fraction of sp³-hybridized carbons (Fsp3) is 0. The Kier molecular flexibility index (Phi) is 2.98. The molecular formula is C15H11FN2O. The van der Waals surface area contributed by atoms with Gasteiger partial charge in [0.15, 0.2) is 11.6 Å². The number of ether oxygens (including phenoxy) is 1. The van der Waals surface area contributed by atoms with Gasteiger partial charge in [0.05, 0.1) is 5.69 Å². The Morgan fingerprint density at radius 1 is 1.00 bits per heavy atom. The van der Waals surface area contributed by atoms with Gasteiger partial charge < -0.3 is 4.74 Å². The van der Waals surface area contributed by atoms with E-state index in [2.05, 4.69) is 10.2 Å². The highest BCUT2D eigenvalue weighted by atomic mass is 19.1. The van der Waals surface area contributed by atoms with E-state index in [1.54, 1.807) is 36.5 Å². The highest BCUT2D eigenvalue weighted by Crippen LogP contribution is 2.27. The second-order valence-electron chi connectivity index (χ2n) is 4.03. The first-order valence-corrected chi connectivity index (χ1v) is 5.85. The maximum absolute atomic E-state index is 14.0. The van der Waals surface area contributed by atoms with Crippen LogP contribution in [-0.2, 0) is 0 Å². The minimum atomic E-state index is -0.407. The molecule has 1 N–H and O–H groups in total. The summed E-state index contributed by atoms with van der Waals surface area (Å²) >= 11 is 0. The Balaban J connectivity index is 1.88. The number of para-hydroxylation sites is 1. The highest BCUT2D eigenvalue weighted by molar-refractivity contribution is 5.60. The Morgan fingerprint density at radius 3 is 2.53 bits per heavy atom. The number of nitrogens with one attached hydrogen (secondary N) is 1. The van der Waals surface area contributed by atoms with Crippen LogP contribution in [0.2, 0.25) is 0 Å². The molecule has 0 unspecified atom stereocenters. The molecule has 0 bridgehead atoms. The molecule has 0 amide bonds. The smallest absolute Gasteiger partial charge is 0.166 e. The zero-order valence-corrected chi connectivity index (χ0v) is 10.0. The molecule has 0 aliphatic carbocycles. The number of nitrogens with zero attached hydrogens (tertiary/aromatic N) is 1. The Hall–Kier alpha value is -2.62. The molecule has 19 heavy (non-hydrogen) atoms. The molecule has 2 aromatic carbocycles. The van der Waals surface area contributed by atoms with E-state index in [0.717, 1.165) is 11.3 Å². The van der Waals surface area contributed by atoms with Gasteiger partial charge in [0.1, 0.15) is 5.75 Å². The van der Waals surface area contributed by atoms with Crippen LogP contribution in [0.4, 0.5) is 4.39 Å². The molecular weight excluding hydrogens is 243 g/mol. The number of rotatable bonds is 3.